The van der Waals surface area contributed by atoms with Crippen molar-refractivity contribution in [1.82, 2.24) is 0 Å². The van der Waals surface area contributed by atoms with Gasteiger partial charge in [0, 0.05) is 0 Å². The molecule has 0 atom stereocenters. The topological polar surface area (TPSA) is 0 Å². The van der Waals surface area contributed by atoms with Gasteiger partial charge >= 0.3 is 37.7 Å². The first-order chi connectivity index (χ1) is 5.27. The fourth-order valence-electron chi connectivity index (χ4n) is 1.14. The normalized spacial score (nSPS) is 8.54. The van der Waals surface area contributed by atoms with Crippen molar-refractivity contribution in [1.29, 1.82) is 0 Å². The Labute approximate surface area is 108 Å². The summed E-state index contributed by atoms with van der Waals surface area (Å²) in [5, 5.41) is 1.12. The summed E-state index contributed by atoms with van der Waals surface area (Å²) in [5.74, 6) is 0. The van der Waals surface area contributed by atoms with Crippen LogP contribution in [-0.4, -0.2) is 0 Å². The Morgan fingerprint density at radius 3 is 2.15 bits per heavy atom. The van der Waals surface area contributed by atoms with E-state index in [1.165, 1.54) is 11.1 Å². The van der Waals surface area contributed by atoms with E-state index in [1.54, 1.807) is 0 Å². The molecule has 0 N–H and O–H groups in total. The van der Waals surface area contributed by atoms with Crippen molar-refractivity contribution >= 4 is 14.5 Å². The van der Waals surface area contributed by atoms with Crippen LogP contribution in [0.4, 0.5) is 0 Å². The molecule has 3 heteroatoms. The number of benzene rings is 1. The van der Waals surface area contributed by atoms with Crippen molar-refractivity contribution in [3.63, 3.8) is 0 Å². The number of hydrogen-bond donors (Lipinski definition) is 0. The van der Waals surface area contributed by atoms with E-state index in [0.717, 1.165) is 18.1 Å². The van der Waals surface area contributed by atoms with Gasteiger partial charge in [-0.25, -0.2) is 0 Å². The molecule has 13 heavy (non-hydrogen) atoms. The number of aryl methyl sites for hydroxylation is 2. The standard InChI is InChI=1S/C10H13P.2Li/c1-3-8-5-6-10(11)9(4-2)7-8;;/h5-7H,3-4H2,1-2H3;;/q-2;2*+1. The van der Waals surface area contributed by atoms with Crippen molar-refractivity contribution < 1.29 is 37.7 Å². The first kappa shape index (κ1) is 16.3. The van der Waals surface area contributed by atoms with Gasteiger partial charge in [-0.05, 0) is 18.4 Å². The molecule has 0 unspecified atom stereocenters. The second kappa shape index (κ2) is 8.18. The SMILES string of the molecule is CCc1ccc([P-2])c(CC)c1.[Li+].[Li+]. The average Bonchev–Trinajstić information content (AvgIpc) is 2.05. The Kier molecular flexibility index (Phi) is 10.2. The van der Waals surface area contributed by atoms with Crippen molar-refractivity contribution in [2.45, 2.75) is 26.7 Å². The van der Waals surface area contributed by atoms with Crippen LogP contribution in [-0.2, 0) is 12.8 Å². The molecule has 1 aromatic carbocycles. The van der Waals surface area contributed by atoms with Crippen LogP contribution in [0.15, 0.2) is 18.2 Å². The maximum absolute atomic E-state index is 4.36. The largest absolute Gasteiger partial charge is 1.45 e. The predicted octanol–water partition coefficient (Wildman–Crippen LogP) is -3.14. The Bertz CT molecular complexity index is 249. The van der Waals surface area contributed by atoms with E-state index in [4.69, 9.17) is 0 Å². The Morgan fingerprint density at radius 1 is 1.08 bits per heavy atom. The van der Waals surface area contributed by atoms with Gasteiger partial charge < -0.3 is 14.5 Å². The molecule has 0 fully saturated rings. The molecule has 0 aliphatic rings. The Balaban J connectivity index is 0. The fourth-order valence-corrected chi connectivity index (χ4v) is 1.44. The zero-order chi connectivity index (χ0) is 8.27. The second-order valence-corrected chi connectivity index (χ2v) is 3.15. The van der Waals surface area contributed by atoms with E-state index in [9.17, 15) is 0 Å². The Hall–Kier alpha value is 0.845. The van der Waals surface area contributed by atoms with E-state index < -0.39 is 0 Å². The molecule has 0 spiro atoms. The van der Waals surface area contributed by atoms with Crippen molar-refractivity contribution in [3.05, 3.63) is 29.3 Å². The van der Waals surface area contributed by atoms with Crippen molar-refractivity contribution in [2.24, 2.45) is 0 Å². The monoisotopic (exact) mass is 178 g/mol. The van der Waals surface area contributed by atoms with Gasteiger partial charge in [-0.2, -0.15) is 0 Å². The van der Waals surface area contributed by atoms with E-state index >= 15 is 0 Å². The average molecular weight is 178 g/mol. The summed E-state index contributed by atoms with van der Waals surface area (Å²) in [7, 11) is 4.36. The molecule has 0 aliphatic carbocycles. The van der Waals surface area contributed by atoms with E-state index in [1.807, 2.05) is 0 Å². The van der Waals surface area contributed by atoms with E-state index in [2.05, 4.69) is 41.3 Å². The maximum Gasteiger partial charge on any atom is 1.00 e. The van der Waals surface area contributed by atoms with Crippen LogP contribution < -0.4 is 43.0 Å². The van der Waals surface area contributed by atoms with Gasteiger partial charge in [0.25, 0.3) is 0 Å². The summed E-state index contributed by atoms with van der Waals surface area (Å²) in [5.41, 5.74) is 2.76. The zero-order valence-electron chi connectivity index (χ0n) is 9.09. The van der Waals surface area contributed by atoms with Gasteiger partial charge in [0.1, 0.15) is 0 Å². The summed E-state index contributed by atoms with van der Waals surface area (Å²) in [4.78, 5) is 0. The van der Waals surface area contributed by atoms with Crippen LogP contribution in [0.2, 0.25) is 0 Å². The van der Waals surface area contributed by atoms with Crippen molar-refractivity contribution in [3.8, 4) is 0 Å². The minimum Gasteiger partial charge on any atom is -1.45 e. The maximum atomic E-state index is 4.36. The van der Waals surface area contributed by atoms with Gasteiger partial charge in [0.05, 0.1) is 0 Å². The summed E-state index contributed by atoms with van der Waals surface area (Å²) >= 11 is 0. The molecule has 0 heterocycles. The minimum absolute atomic E-state index is 0. The van der Waals surface area contributed by atoms with Gasteiger partial charge in [-0.3, -0.25) is 0 Å². The summed E-state index contributed by atoms with van der Waals surface area (Å²) in [6.07, 6.45) is 2.19. The third-order valence-electron chi connectivity index (χ3n) is 1.93. The number of rotatable bonds is 2. The molecule has 0 aromatic heterocycles. The summed E-state index contributed by atoms with van der Waals surface area (Å²) in [6, 6.07) is 6.46. The molecule has 1 aromatic rings. The fraction of sp³-hybridized carbons (Fsp3) is 0.400. The van der Waals surface area contributed by atoms with Gasteiger partial charge in [-0.15, -0.1) is 11.6 Å². The third-order valence-corrected chi connectivity index (χ3v) is 2.37. The first-order valence-corrected chi connectivity index (χ1v) is 4.53. The van der Waals surface area contributed by atoms with Gasteiger partial charge in [0.15, 0.2) is 0 Å². The molecule has 0 saturated heterocycles. The van der Waals surface area contributed by atoms with Gasteiger partial charge in [-0.1, -0.05) is 26.0 Å². The van der Waals surface area contributed by atoms with Crippen LogP contribution in [0.25, 0.3) is 0 Å². The molecule has 0 aliphatic heterocycles. The molecular weight excluding hydrogens is 165 g/mol. The summed E-state index contributed by atoms with van der Waals surface area (Å²) < 4.78 is 0. The molecular formula is C10H13Li2P. The quantitative estimate of drug-likeness (QED) is 0.331. The number of hydrogen-bond acceptors (Lipinski definition) is 0. The first-order valence-electron chi connectivity index (χ1n) is 4.08. The smallest absolute Gasteiger partial charge is 1.00 e. The third kappa shape index (κ3) is 4.74. The van der Waals surface area contributed by atoms with Crippen molar-refractivity contribution in [2.75, 3.05) is 0 Å². The molecule has 1 rings (SSSR count). The molecule has 0 radical (unpaired) electrons. The Morgan fingerprint density at radius 2 is 1.69 bits per heavy atom. The van der Waals surface area contributed by atoms with Crippen LogP contribution >= 0.6 is 9.24 Å². The molecule has 0 amide bonds. The van der Waals surface area contributed by atoms with Gasteiger partial charge in [0.2, 0.25) is 0 Å². The molecule has 0 saturated carbocycles. The van der Waals surface area contributed by atoms with Crippen LogP contribution in [0, 0.1) is 0 Å². The second-order valence-electron chi connectivity index (χ2n) is 2.67. The van der Waals surface area contributed by atoms with E-state index in [-0.39, 0.29) is 37.7 Å². The van der Waals surface area contributed by atoms with Crippen LogP contribution in [0.1, 0.15) is 25.0 Å². The molecule has 0 nitrogen and oxygen atoms in total. The van der Waals surface area contributed by atoms with Crippen LogP contribution in [0.5, 0.6) is 0 Å². The zero-order valence-corrected chi connectivity index (χ0v) is 9.99. The minimum atomic E-state index is 0. The predicted molar refractivity (Wildman–Crippen MR) is 51.8 cm³/mol. The van der Waals surface area contributed by atoms with E-state index in [0.29, 0.717) is 0 Å². The molecule has 0 bridgehead atoms. The molecule has 60 valence electrons. The summed E-state index contributed by atoms with van der Waals surface area (Å²) in [6.45, 7) is 4.33. The van der Waals surface area contributed by atoms with Crippen LogP contribution in [0.3, 0.4) is 0 Å².